The summed E-state index contributed by atoms with van der Waals surface area (Å²) in [7, 11) is 0. The van der Waals surface area contributed by atoms with Crippen molar-refractivity contribution in [1.29, 1.82) is 0 Å². The van der Waals surface area contributed by atoms with Gasteiger partial charge in [0.15, 0.2) is 0 Å². The molecule has 0 heterocycles. The van der Waals surface area contributed by atoms with Gasteiger partial charge in [-0.25, -0.2) is 0 Å². The molecule has 0 bridgehead atoms. The molecular formula is C23H36O2. The molecule has 0 unspecified atom stereocenters. The first kappa shape index (κ1) is 20.0. The van der Waals surface area contributed by atoms with Crippen molar-refractivity contribution in [3.63, 3.8) is 0 Å². The molecule has 1 aliphatic rings. The zero-order chi connectivity index (χ0) is 17.7. The first-order chi connectivity index (χ1) is 12.3. The first-order valence-corrected chi connectivity index (χ1v) is 10.5. The standard InChI is InChI=1S/C23H36O2/c1-2-3-4-5-6-9-20-10-12-21(13-11-20)22-14-16-23(17-15-22)25-19-8-7-18-24/h14-18,20-21H,2-13,19H2,1H3. The fourth-order valence-electron chi connectivity index (χ4n) is 4.01. The van der Waals surface area contributed by atoms with E-state index in [2.05, 4.69) is 31.2 Å². The predicted molar refractivity (Wildman–Crippen MR) is 105 cm³/mol. The van der Waals surface area contributed by atoms with Crippen LogP contribution in [0, 0.1) is 5.92 Å². The molecule has 1 fully saturated rings. The van der Waals surface area contributed by atoms with Crippen molar-refractivity contribution in [3.05, 3.63) is 29.8 Å². The Balaban J connectivity index is 1.65. The van der Waals surface area contributed by atoms with Crippen LogP contribution in [0.5, 0.6) is 5.75 Å². The SMILES string of the molecule is CCCCCCCC1CCC(c2ccc(OCCCC=O)cc2)CC1. The maximum absolute atomic E-state index is 10.3. The summed E-state index contributed by atoms with van der Waals surface area (Å²) in [5.41, 5.74) is 1.47. The number of benzene rings is 1. The summed E-state index contributed by atoms with van der Waals surface area (Å²) < 4.78 is 5.68. The zero-order valence-electron chi connectivity index (χ0n) is 16.1. The quantitative estimate of drug-likeness (QED) is 0.312. The van der Waals surface area contributed by atoms with Gasteiger partial charge in [-0.1, -0.05) is 57.6 Å². The monoisotopic (exact) mass is 344 g/mol. The summed E-state index contributed by atoms with van der Waals surface area (Å²) in [6.07, 6.45) is 16.3. The third-order valence-electron chi connectivity index (χ3n) is 5.65. The molecule has 1 aromatic carbocycles. The van der Waals surface area contributed by atoms with E-state index in [1.165, 1.54) is 69.8 Å². The van der Waals surface area contributed by atoms with Gasteiger partial charge in [-0.05, 0) is 61.6 Å². The molecule has 0 N–H and O–H groups in total. The molecule has 0 aliphatic heterocycles. The second kappa shape index (κ2) is 12.1. The molecule has 0 radical (unpaired) electrons. The van der Waals surface area contributed by atoms with Crippen LogP contribution in [0.4, 0.5) is 0 Å². The summed E-state index contributed by atoms with van der Waals surface area (Å²) in [6.45, 7) is 2.91. The fourth-order valence-corrected chi connectivity index (χ4v) is 4.01. The maximum Gasteiger partial charge on any atom is 0.120 e. The van der Waals surface area contributed by atoms with Crippen LogP contribution < -0.4 is 4.74 Å². The lowest BCUT2D eigenvalue weighted by Crippen LogP contribution is -2.13. The van der Waals surface area contributed by atoms with Crippen LogP contribution in [0.15, 0.2) is 24.3 Å². The van der Waals surface area contributed by atoms with Gasteiger partial charge in [0.05, 0.1) is 6.61 Å². The van der Waals surface area contributed by atoms with E-state index in [9.17, 15) is 4.79 Å². The molecule has 25 heavy (non-hydrogen) atoms. The average Bonchev–Trinajstić information content (AvgIpc) is 2.66. The molecule has 1 aliphatic carbocycles. The number of unbranched alkanes of at least 4 members (excludes halogenated alkanes) is 5. The Hall–Kier alpha value is -1.31. The smallest absolute Gasteiger partial charge is 0.120 e. The number of hydrogen-bond donors (Lipinski definition) is 0. The predicted octanol–water partition coefficient (Wildman–Crippen LogP) is 6.68. The molecule has 2 nitrogen and oxygen atoms in total. The van der Waals surface area contributed by atoms with Crippen LogP contribution in [-0.2, 0) is 4.79 Å². The van der Waals surface area contributed by atoms with E-state index in [1.807, 2.05) is 0 Å². The molecule has 0 amide bonds. The molecule has 0 aromatic heterocycles. The number of rotatable bonds is 12. The summed E-state index contributed by atoms with van der Waals surface area (Å²) in [5.74, 6) is 2.63. The molecule has 2 heteroatoms. The highest BCUT2D eigenvalue weighted by Crippen LogP contribution is 2.38. The second-order valence-corrected chi connectivity index (χ2v) is 7.65. The highest BCUT2D eigenvalue weighted by atomic mass is 16.5. The number of hydrogen-bond acceptors (Lipinski definition) is 2. The van der Waals surface area contributed by atoms with Gasteiger partial charge in [-0.3, -0.25) is 0 Å². The summed E-state index contributed by atoms with van der Waals surface area (Å²) in [6, 6.07) is 8.67. The largest absolute Gasteiger partial charge is 0.494 e. The van der Waals surface area contributed by atoms with Crippen LogP contribution in [0.1, 0.15) is 95.5 Å². The Bertz CT molecular complexity index is 457. The van der Waals surface area contributed by atoms with Crippen molar-refractivity contribution in [2.75, 3.05) is 6.61 Å². The van der Waals surface area contributed by atoms with Crippen molar-refractivity contribution in [1.82, 2.24) is 0 Å². The minimum Gasteiger partial charge on any atom is -0.494 e. The van der Waals surface area contributed by atoms with Crippen molar-refractivity contribution >= 4 is 6.29 Å². The number of aldehydes is 1. The van der Waals surface area contributed by atoms with Gasteiger partial charge in [0.25, 0.3) is 0 Å². The highest BCUT2D eigenvalue weighted by Gasteiger charge is 2.22. The van der Waals surface area contributed by atoms with E-state index in [1.54, 1.807) is 0 Å². The molecule has 0 atom stereocenters. The molecule has 1 aromatic rings. The number of carbonyl (C=O) groups is 1. The van der Waals surface area contributed by atoms with Gasteiger partial charge in [0.2, 0.25) is 0 Å². The van der Waals surface area contributed by atoms with Gasteiger partial charge < -0.3 is 9.53 Å². The summed E-state index contributed by atoms with van der Waals surface area (Å²) >= 11 is 0. The third kappa shape index (κ3) is 7.63. The average molecular weight is 345 g/mol. The van der Waals surface area contributed by atoms with Gasteiger partial charge >= 0.3 is 0 Å². The lowest BCUT2D eigenvalue weighted by Gasteiger charge is -2.29. The topological polar surface area (TPSA) is 26.3 Å². The van der Waals surface area contributed by atoms with Gasteiger partial charge in [0, 0.05) is 6.42 Å². The van der Waals surface area contributed by atoms with Crippen molar-refractivity contribution in [2.24, 2.45) is 5.92 Å². The normalized spacial score (nSPS) is 20.4. The first-order valence-electron chi connectivity index (χ1n) is 10.5. The van der Waals surface area contributed by atoms with Crippen molar-refractivity contribution in [3.8, 4) is 5.75 Å². The summed E-state index contributed by atoms with van der Waals surface area (Å²) in [5, 5.41) is 0. The molecule has 0 spiro atoms. The van der Waals surface area contributed by atoms with Crippen LogP contribution in [0.3, 0.4) is 0 Å². The van der Waals surface area contributed by atoms with E-state index in [0.717, 1.165) is 30.3 Å². The van der Waals surface area contributed by atoms with E-state index in [4.69, 9.17) is 4.74 Å². The number of carbonyl (C=O) groups excluding carboxylic acids is 1. The zero-order valence-corrected chi connectivity index (χ0v) is 16.1. The van der Waals surface area contributed by atoms with Crippen LogP contribution in [0.2, 0.25) is 0 Å². The second-order valence-electron chi connectivity index (χ2n) is 7.65. The Morgan fingerprint density at radius 3 is 2.36 bits per heavy atom. The van der Waals surface area contributed by atoms with Crippen molar-refractivity contribution < 1.29 is 9.53 Å². The van der Waals surface area contributed by atoms with Gasteiger partial charge in [0.1, 0.15) is 12.0 Å². The Labute approximate surface area is 154 Å². The highest BCUT2D eigenvalue weighted by molar-refractivity contribution is 5.49. The molecule has 1 saturated carbocycles. The fraction of sp³-hybridized carbons (Fsp3) is 0.696. The summed E-state index contributed by atoms with van der Waals surface area (Å²) in [4.78, 5) is 10.3. The molecular weight excluding hydrogens is 308 g/mol. The van der Waals surface area contributed by atoms with Gasteiger partial charge in [-0.2, -0.15) is 0 Å². The van der Waals surface area contributed by atoms with Crippen LogP contribution >= 0.6 is 0 Å². The Morgan fingerprint density at radius 2 is 1.68 bits per heavy atom. The lowest BCUT2D eigenvalue weighted by molar-refractivity contribution is -0.108. The molecule has 2 rings (SSSR count). The maximum atomic E-state index is 10.3. The lowest BCUT2D eigenvalue weighted by atomic mass is 9.77. The van der Waals surface area contributed by atoms with E-state index < -0.39 is 0 Å². The van der Waals surface area contributed by atoms with E-state index in [-0.39, 0.29) is 0 Å². The van der Waals surface area contributed by atoms with E-state index >= 15 is 0 Å². The van der Waals surface area contributed by atoms with Crippen molar-refractivity contribution in [2.45, 2.75) is 89.9 Å². The van der Waals surface area contributed by atoms with E-state index in [0.29, 0.717) is 13.0 Å². The van der Waals surface area contributed by atoms with Gasteiger partial charge in [-0.15, -0.1) is 0 Å². The van der Waals surface area contributed by atoms with Crippen LogP contribution in [-0.4, -0.2) is 12.9 Å². The Morgan fingerprint density at radius 1 is 0.960 bits per heavy atom. The third-order valence-corrected chi connectivity index (χ3v) is 5.65. The molecule has 140 valence electrons. The van der Waals surface area contributed by atoms with Crippen LogP contribution in [0.25, 0.3) is 0 Å². The minimum atomic E-state index is 0.583. The Kier molecular flexibility index (Phi) is 9.69. The molecule has 0 saturated heterocycles. The number of ether oxygens (including phenoxy) is 1. The minimum absolute atomic E-state index is 0.583.